The van der Waals surface area contributed by atoms with Crippen molar-refractivity contribution in [3.05, 3.63) is 45.7 Å². The Bertz CT molecular complexity index is 656. The Labute approximate surface area is 134 Å². The van der Waals surface area contributed by atoms with Gasteiger partial charge in [-0.25, -0.2) is 0 Å². The van der Waals surface area contributed by atoms with E-state index in [9.17, 15) is 4.79 Å². The van der Waals surface area contributed by atoms with Gasteiger partial charge in [0, 0.05) is 28.0 Å². The fourth-order valence-electron chi connectivity index (χ4n) is 2.81. The van der Waals surface area contributed by atoms with Crippen molar-refractivity contribution in [1.29, 1.82) is 0 Å². The molecule has 1 aromatic heterocycles. The van der Waals surface area contributed by atoms with E-state index in [4.69, 9.17) is 5.73 Å². The molecule has 0 aliphatic rings. The minimum absolute atomic E-state index is 0.358. The van der Waals surface area contributed by atoms with Crippen LogP contribution in [0.25, 0.3) is 11.1 Å². The molecule has 1 amide bonds. The van der Waals surface area contributed by atoms with E-state index >= 15 is 0 Å². The van der Waals surface area contributed by atoms with Gasteiger partial charge in [-0.2, -0.15) is 0 Å². The normalized spacial score (nSPS) is 10.9. The highest BCUT2D eigenvalue weighted by Crippen LogP contribution is 2.33. The van der Waals surface area contributed by atoms with Gasteiger partial charge in [0.25, 0.3) is 5.91 Å². The van der Waals surface area contributed by atoms with Gasteiger partial charge < -0.3 is 10.3 Å². The molecule has 0 unspecified atom stereocenters. The van der Waals surface area contributed by atoms with Crippen LogP contribution in [0, 0.1) is 13.8 Å². The van der Waals surface area contributed by atoms with Crippen LogP contribution in [0.15, 0.2) is 28.7 Å². The average molecular weight is 349 g/mol. The molecule has 2 rings (SSSR count). The van der Waals surface area contributed by atoms with Crippen molar-refractivity contribution < 1.29 is 4.79 Å². The lowest BCUT2D eigenvalue weighted by atomic mass is 10.0. The maximum Gasteiger partial charge on any atom is 0.251 e. The number of halogens is 1. The first-order valence-electron chi connectivity index (χ1n) is 7.22. The summed E-state index contributed by atoms with van der Waals surface area (Å²) in [5.41, 5.74) is 10.3. The van der Waals surface area contributed by atoms with Gasteiger partial charge in [0.15, 0.2) is 0 Å². The Morgan fingerprint density at radius 3 is 2.33 bits per heavy atom. The zero-order chi connectivity index (χ0) is 15.6. The smallest absolute Gasteiger partial charge is 0.251 e. The summed E-state index contributed by atoms with van der Waals surface area (Å²) in [5, 5.41) is 0. The Balaban J connectivity index is 2.63. The monoisotopic (exact) mass is 348 g/mol. The van der Waals surface area contributed by atoms with Crippen LogP contribution in [0.3, 0.4) is 0 Å². The molecular weight excluding hydrogens is 328 g/mol. The number of nitrogens with zero attached hydrogens (tertiary/aromatic N) is 1. The van der Waals surface area contributed by atoms with E-state index in [0.29, 0.717) is 5.56 Å². The summed E-state index contributed by atoms with van der Waals surface area (Å²) < 4.78 is 3.23. The zero-order valence-electron chi connectivity index (χ0n) is 12.7. The van der Waals surface area contributed by atoms with Gasteiger partial charge in [-0.05, 0) is 38.0 Å². The molecule has 0 radical (unpaired) electrons. The van der Waals surface area contributed by atoms with Crippen LogP contribution in [0.4, 0.5) is 0 Å². The van der Waals surface area contributed by atoms with Gasteiger partial charge in [-0.3, -0.25) is 4.79 Å². The summed E-state index contributed by atoms with van der Waals surface area (Å²) in [6.07, 6.45) is 2.21. The van der Waals surface area contributed by atoms with Crippen LogP contribution in [0.2, 0.25) is 0 Å². The van der Waals surface area contributed by atoms with E-state index in [1.54, 1.807) is 0 Å². The average Bonchev–Trinajstić information content (AvgIpc) is 2.69. The number of primary amides is 1. The first-order valence-corrected chi connectivity index (χ1v) is 8.02. The van der Waals surface area contributed by atoms with Crippen LogP contribution < -0.4 is 5.73 Å². The predicted molar refractivity (Wildman–Crippen MR) is 90.5 cm³/mol. The Hall–Kier alpha value is -1.55. The van der Waals surface area contributed by atoms with Gasteiger partial charge in [-0.1, -0.05) is 41.4 Å². The maximum atomic E-state index is 11.9. The lowest BCUT2D eigenvalue weighted by Gasteiger charge is -2.08. The quantitative estimate of drug-likeness (QED) is 0.853. The van der Waals surface area contributed by atoms with Crippen molar-refractivity contribution >= 4 is 21.8 Å². The van der Waals surface area contributed by atoms with Crippen LogP contribution in [0.1, 0.15) is 41.5 Å². The molecule has 0 aliphatic heterocycles. The van der Waals surface area contributed by atoms with Crippen molar-refractivity contribution in [2.45, 2.75) is 40.2 Å². The summed E-state index contributed by atoms with van der Waals surface area (Å²) in [5.74, 6) is -0.358. The molecule has 0 bridgehead atoms. The van der Waals surface area contributed by atoms with Gasteiger partial charge in [0.2, 0.25) is 0 Å². The molecule has 0 fully saturated rings. The highest BCUT2D eigenvalue weighted by molar-refractivity contribution is 9.10. The van der Waals surface area contributed by atoms with Crippen molar-refractivity contribution in [2.24, 2.45) is 5.73 Å². The second-order valence-electron chi connectivity index (χ2n) is 5.30. The van der Waals surface area contributed by atoms with Crippen LogP contribution >= 0.6 is 15.9 Å². The van der Waals surface area contributed by atoms with E-state index in [0.717, 1.165) is 46.4 Å². The topological polar surface area (TPSA) is 48.0 Å². The second kappa shape index (κ2) is 6.48. The third-order valence-corrected chi connectivity index (χ3v) is 4.43. The minimum Gasteiger partial charge on any atom is -0.366 e. The number of benzene rings is 1. The minimum atomic E-state index is -0.358. The lowest BCUT2D eigenvalue weighted by molar-refractivity contribution is 0.1000. The lowest BCUT2D eigenvalue weighted by Crippen LogP contribution is -2.13. The molecule has 0 saturated heterocycles. The number of amides is 1. The third kappa shape index (κ3) is 3.05. The number of rotatable bonds is 5. The molecule has 1 heterocycles. The molecule has 1 aromatic carbocycles. The van der Waals surface area contributed by atoms with Gasteiger partial charge in [-0.15, -0.1) is 0 Å². The summed E-state index contributed by atoms with van der Waals surface area (Å²) in [6.45, 7) is 7.13. The highest BCUT2D eigenvalue weighted by Gasteiger charge is 2.22. The number of aromatic nitrogens is 1. The van der Waals surface area contributed by atoms with Crippen LogP contribution in [-0.2, 0) is 6.54 Å². The van der Waals surface area contributed by atoms with Gasteiger partial charge >= 0.3 is 0 Å². The van der Waals surface area contributed by atoms with Crippen LogP contribution in [0.5, 0.6) is 0 Å². The molecule has 0 saturated carbocycles. The molecule has 0 atom stereocenters. The highest BCUT2D eigenvalue weighted by atomic mass is 79.9. The Kier molecular flexibility index (Phi) is 4.88. The first-order chi connectivity index (χ1) is 9.97. The second-order valence-corrected chi connectivity index (χ2v) is 6.21. The molecule has 0 spiro atoms. The van der Waals surface area contributed by atoms with Crippen molar-refractivity contribution in [3.63, 3.8) is 0 Å². The molecule has 2 N–H and O–H groups in total. The number of hydrogen-bond acceptors (Lipinski definition) is 1. The molecule has 0 aliphatic carbocycles. The van der Waals surface area contributed by atoms with Crippen molar-refractivity contribution in [3.8, 4) is 11.1 Å². The fraction of sp³-hybridized carbons (Fsp3) is 0.353. The molecule has 2 aromatic rings. The van der Waals surface area contributed by atoms with E-state index in [2.05, 4.69) is 34.3 Å². The van der Waals surface area contributed by atoms with Gasteiger partial charge in [0.1, 0.15) is 0 Å². The molecule has 112 valence electrons. The van der Waals surface area contributed by atoms with Gasteiger partial charge in [0.05, 0.1) is 5.56 Å². The summed E-state index contributed by atoms with van der Waals surface area (Å²) in [4.78, 5) is 11.9. The standard InChI is InChI=1S/C17H21BrN2O/c1-4-5-10-20-11(2)15(16(12(20)3)17(19)21)13-6-8-14(18)9-7-13/h6-9H,4-5,10H2,1-3H3,(H2,19,21). The Morgan fingerprint density at radius 1 is 1.19 bits per heavy atom. The number of hydrogen-bond donors (Lipinski definition) is 1. The largest absolute Gasteiger partial charge is 0.366 e. The number of unbranched alkanes of at least 4 members (excludes halogenated alkanes) is 1. The maximum absolute atomic E-state index is 11.9. The molecule has 4 heteroatoms. The predicted octanol–water partition coefficient (Wildman–Crippen LogP) is 4.43. The number of carbonyl (C=O) groups is 1. The number of nitrogens with two attached hydrogens (primary N) is 1. The van der Waals surface area contributed by atoms with E-state index in [-0.39, 0.29) is 5.91 Å². The van der Waals surface area contributed by atoms with E-state index < -0.39 is 0 Å². The summed E-state index contributed by atoms with van der Waals surface area (Å²) in [7, 11) is 0. The van der Waals surface area contributed by atoms with E-state index in [1.165, 1.54) is 0 Å². The first kappa shape index (κ1) is 15.8. The van der Waals surface area contributed by atoms with Crippen LogP contribution in [-0.4, -0.2) is 10.5 Å². The molecule has 21 heavy (non-hydrogen) atoms. The summed E-state index contributed by atoms with van der Waals surface area (Å²) >= 11 is 3.44. The van der Waals surface area contributed by atoms with Crippen molar-refractivity contribution in [2.75, 3.05) is 0 Å². The fourth-order valence-corrected chi connectivity index (χ4v) is 3.07. The summed E-state index contributed by atoms with van der Waals surface area (Å²) in [6, 6.07) is 8.00. The van der Waals surface area contributed by atoms with Crippen molar-refractivity contribution in [1.82, 2.24) is 4.57 Å². The van der Waals surface area contributed by atoms with E-state index in [1.807, 2.05) is 31.2 Å². The SMILES string of the molecule is CCCCn1c(C)c(C(N)=O)c(-c2ccc(Br)cc2)c1C. The third-order valence-electron chi connectivity index (χ3n) is 3.90. The number of carbonyl (C=O) groups excluding carboxylic acids is 1. The Morgan fingerprint density at radius 2 is 1.81 bits per heavy atom. The zero-order valence-corrected chi connectivity index (χ0v) is 14.3. The molecule has 3 nitrogen and oxygen atoms in total. The molecular formula is C17H21BrN2O.